The first kappa shape index (κ1) is 20.6. The molecule has 28 heavy (non-hydrogen) atoms. The molecule has 0 atom stereocenters. The van der Waals surface area contributed by atoms with Crippen molar-refractivity contribution in [3.8, 4) is 11.5 Å². The predicted molar refractivity (Wildman–Crippen MR) is 108 cm³/mol. The molecule has 0 spiro atoms. The Kier molecular flexibility index (Phi) is 6.88. The van der Waals surface area contributed by atoms with Crippen LogP contribution in [0, 0.1) is 5.82 Å². The summed E-state index contributed by atoms with van der Waals surface area (Å²) in [5, 5.41) is 1.61. The minimum atomic E-state index is -0.716. The fourth-order valence-corrected chi connectivity index (χ4v) is 3.05. The molecule has 148 valence electrons. The Balaban J connectivity index is 1.87. The third-order valence-corrected chi connectivity index (χ3v) is 4.48. The maximum absolute atomic E-state index is 14.7. The second-order valence-corrected chi connectivity index (χ2v) is 6.94. The van der Waals surface area contributed by atoms with Gasteiger partial charge in [-0.05, 0) is 12.1 Å². The van der Waals surface area contributed by atoms with E-state index in [-0.39, 0.29) is 29.2 Å². The number of pyridine rings is 1. The normalized spacial score (nSPS) is 11.0. The van der Waals surface area contributed by atoms with Gasteiger partial charge in [-0.2, -0.15) is 0 Å². The molecule has 1 aromatic carbocycles. The Hall–Kier alpha value is -2.16. The van der Waals surface area contributed by atoms with E-state index in [0.29, 0.717) is 29.3 Å². The van der Waals surface area contributed by atoms with Crippen LogP contribution in [0.15, 0.2) is 30.6 Å². The van der Waals surface area contributed by atoms with Crippen LogP contribution >= 0.6 is 27.5 Å². The number of halogens is 3. The highest BCUT2D eigenvalue weighted by Crippen LogP contribution is 2.32. The van der Waals surface area contributed by atoms with Crippen LogP contribution in [0.4, 0.5) is 4.39 Å². The molecule has 1 N–H and O–H groups in total. The van der Waals surface area contributed by atoms with Crippen LogP contribution in [0.2, 0.25) is 5.02 Å². The van der Waals surface area contributed by atoms with Crippen molar-refractivity contribution in [3.05, 3.63) is 52.6 Å². The molecule has 0 amide bonds. The van der Waals surface area contributed by atoms with Crippen molar-refractivity contribution in [2.45, 2.75) is 0 Å². The summed E-state index contributed by atoms with van der Waals surface area (Å²) in [5.74, 6) is -0.784. The number of hydrogen-bond donors (Lipinski definition) is 1. The Labute approximate surface area is 174 Å². The fraction of sp³-hybridized carbons (Fsp3) is 0.263. The average molecular weight is 472 g/mol. The number of nitrogens with zero attached hydrogens (tertiary/aromatic N) is 1. The Bertz CT molecular complexity index is 995. The van der Waals surface area contributed by atoms with E-state index in [2.05, 4.69) is 25.9 Å². The quantitative estimate of drug-likeness (QED) is 0.285. The maximum atomic E-state index is 14.7. The Morgan fingerprint density at radius 2 is 2.04 bits per heavy atom. The van der Waals surface area contributed by atoms with E-state index in [0.717, 1.165) is 11.4 Å². The number of alkyl halides is 1. The van der Waals surface area contributed by atoms with Crippen LogP contribution in [0.25, 0.3) is 11.0 Å². The highest BCUT2D eigenvalue weighted by Gasteiger charge is 2.21. The van der Waals surface area contributed by atoms with Crippen molar-refractivity contribution in [1.29, 1.82) is 0 Å². The number of carbonyl (C=O) groups is 1. The summed E-state index contributed by atoms with van der Waals surface area (Å²) in [6, 6.07) is 4.06. The number of methoxy groups -OCH3 is 1. The molecule has 0 aliphatic rings. The molecular formula is C19H17BrClFN2O4. The molecule has 6 nitrogen and oxygen atoms in total. The van der Waals surface area contributed by atoms with Crippen LogP contribution in [-0.4, -0.2) is 48.0 Å². The van der Waals surface area contributed by atoms with Gasteiger partial charge >= 0.3 is 0 Å². The zero-order chi connectivity index (χ0) is 20.1. The third kappa shape index (κ3) is 4.45. The number of ether oxygens (including phenoxy) is 3. The molecule has 3 aromatic rings. The number of aromatic amines is 1. The molecule has 9 heteroatoms. The topological polar surface area (TPSA) is 73.4 Å². The van der Waals surface area contributed by atoms with Gasteiger partial charge in [-0.25, -0.2) is 9.37 Å². The van der Waals surface area contributed by atoms with E-state index in [9.17, 15) is 9.18 Å². The third-order valence-electron chi connectivity index (χ3n) is 3.95. The number of carbonyl (C=O) groups excluding carboxylic acids is 1. The number of nitrogens with one attached hydrogen (secondary N) is 1. The molecule has 0 bridgehead atoms. The van der Waals surface area contributed by atoms with Gasteiger partial charge in [0.1, 0.15) is 18.1 Å². The summed E-state index contributed by atoms with van der Waals surface area (Å²) in [4.78, 5) is 19.9. The maximum Gasteiger partial charge on any atom is 0.198 e. The SMILES string of the molecule is COc1cc(C(=O)c2c[nH]c3ncc(Cl)cc23)c(F)cc1OCCOCCBr. The van der Waals surface area contributed by atoms with Crippen molar-refractivity contribution in [3.63, 3.8) is 0 Å². The van der Waals surface area contributed by atoms with Gasteiger partial charge in [-0.15, -0.1) is 0 Å². The number of H-pyrrole nitrogens is 1. The standard InChI is InChI=1S/C19H17BrClFN2O4/c1-26-16-7-13(15(22)8-17(16)28-5-4-27-3-2-20)18(25)14-10-24-19-12(14)6-11(21)9-23-19/h6-10H,2-5H2,1H3,(H,23,24). The lowest BCUT2D eigenvalue weighted by Crippen LogP contribution is -2.10. The number of benzene rings is 1. The van der Waals surface area contributed by atoms with Gasteiger partial charge in [0.25, 0.3) is 0 Å². The number of rotatable bonds is 9. The first-order valence-corrected chi connectivity index (χ1v) is 9.86. The van der Waals surface area contributed by atoms with Gasteiger partial charge in [0.2, 0.25) is 0 Å². The van der Waals surface area contributed by atoms with E-state index in [4.69, 9.17) is 25.8 Å². The number of fused-ring (bicyclic) bond motifs is 1. The van der Waals surface area contributed by atoms with Gasteiger partial charge in [0.05, 0.1) is 30.9 Å². The molecule has 0 fully saturated rings. The molecule has 0 aliphatic carbocycles. The summed E-state index contributed by atoms with van der Waals surface area (Å²) in [5.41, 5.74) is 0.618. The van der Waals surface area contributed by atoms with E-state index < -0.39 is 11.6 Å². The first-order valence-electron chi connectivity index (χ1n) is 8.36. The summed E-state index contributed by atoms with van der Waals surface area (Å²) >= 11 is 9.22. The molecule has 0 saturated heterocycles. The fourth-order valence-electron chi connectivity index (χ4n) is 2.66. The molecule has 0 saturated carbocycles. The van der Waals surface area contributed by atoms with Crippen molar-refractivity contribution >= 4 is 44.3 Å². The molecule has 0 unspecified atom stereocenters. The van der Waals surface area contributed by atoms with Gasteiger partial charge in [-0.1, -0.05) is 27.5 Å². The van der Waals surface area contributed by atoms with Gasteiger partial charge in [-0.3, -0.25) is 4.79 Å². The van der Waals surface area contributed by atoms with E-state index >= 15 is 0 Å². The molecule has 0 radical (unpaired) electrons. The summed E-state index contributed by atoms with van der Waals surface area (Å²) in [6.45, 7) is 1.12. The van der Waals surface area contributed by atoms with Crippen molar-refractivity contribution < 1.29 is 23.4 Å². The van der Waals surface area contributed by atoms with Crippen molar-refractivity contribution in [2.24, 2.45) is 0 Å². The zero-order valence-electron chi connectivity index (χ0n) is 14.9. The number of ketones is 1. The van der Waals surface area contributed by atoms with Crippen molar-refractivity contribution in [2.75, 3.05) is 32.3 Å². The minimum Gasteiger partial charge on any atom is -0.493 e. The van der Waals surface area contributed by atoms with Crippen LogP contribution in [0.5, 0.6) is 11.5 Å². The average Bonchev–Trinajstić information content (AvgIpc) is 3.10. The Morgan fingerprint density at radius 1 is 1.21 bits per heavy atom. The van der Waals surface area contributed by atoms with E-state index in [1.54, 1.807) is 6.07 Å². The second kappa shape index (κ2) is 9.36. The molecule has 0 aliphatic heterocycles. The van der Waals surface area contributed by atoms with Crippen LogP contribution in [0.3, 0.4) is 0 Å². The highest BCUT2D eigenvalue weighted by molar-refractivity contribution is 9.09. The molecule has 2 aromatic heterocycles. The first-order chi connectivity index (χ1) is 13.5. The minimum absolute atomic E-state index is 0.138. The lowest BCUT2D eigenvalue weighted by molar-refractivity contribution is 0.103. The van der Waals surface area contributed by atoms with Gasteiger partial charge < -0.3 is 19.2 Å². The summed E-state index contributed by atoms with van der Waals surface area (Å²) in [6.07, 6.45) is 2.94. The van der Waals surface area contributed by atoms with Gasteiger partial charge in [0.15, 0.2) is 17.3 Å². The van der Waals surface area contributed by atoms with Crippen LogP contribution in [0.1, 0.15) is 15.9 Å². The number of aromatic nitrogens is 2. The van der Waals surface area contributed by atoms with Crippen LogP contribution < -0.4 is 9.47 Å². The smallest absolute Gasteiger partial charge is 0.198 e. The molecule has 3 rings (SSSR count). The van der Waals surface area contributed by atoms with Gasteiger partial charge in [0, 0.05) is 34.7 Å². The Morgan fingerprint density at radius 3 is 2.79 bits per heavy atom. The lowest BCUT2D eigenvalue weighted by atomic mass is 10.0. The second-order valence-electron chi connectivity index (χ2n) is 5.71. The zero-order valence-corrected chi connectivity index (χ0v) is 17.3. The monoisotopic (exact) mass is 470 g/mol. The highest BCUT2D eigenvalue weighted by atomic mass is 79.9. The molecular weight excluding hydrogens is 455 g/mol. The summed E-state index contributed by atoms with van der Waals surface area (Å²) < 4.78 is 30.7. The largest absolute Gasteiger partial charge is 0.493 e. The predicted octanol–water partition coefficient (Wildman–Crippen LogP) is 4.39. The molecule has 2 heterocycles. The number of hydrogen-bond acceptors (Lipinski definition) is 5. The van der Waals surface area contributed by atoms with E-state index in [1.165, 1.54) is 25.6 Å². The lowest BCUT2D eigenvalue weighted by Gasteiger charge is -2.13. The van der Waals surface area contributed by atoms with Crippen LogP contribution in [-0.2, 0) is 4.74 Å². The summed E-state index contributed by atoms with van der Waals surface area (Å²) in [7, 11) is 1.42. The van der Waals surface area contributed by atoms with E-state index in [1.807, 2.05) is 0 Å². The van der Waals surface area contributed by atoms with Crippen molar-refractivity contribution in [1.82, 2.24) is 9.97 Å².